The van der Waals surface area contributed by atoms with E-state index in [1.807, 2.05) is 18.2 Å². The van der Waals surface area contributed by atoms with Gasteiger partial charge in [0.2, 0.25) is 5.91 Å². The van der Waals surface area contributed by atoms with Crippen molar-refractivity contribution in [3.8, 4) is 34.8 Å². The summed E-state index contributed by atoms with van der Waals surface area (Å²) in [5.74, 6) is 1.68. The minimum atomic E-state index is -0.0474. The number of hydrogen-bond donors (Lipinski definition) is 0. The number of aromatic nitrogens is 2. The minimum absolute atomic E-state index is 0.00655. The van der Waals surface area contributed by atoms with Gasteiger partial charge in [0.05, 0.1) is 7.11 Å². The maximum Gasteiger partial charge on any atom is 0.318 e. The van der Waals surface area contributed by atoms with E-state index in [-0.39, 0.29) is 17.3 Å². The second kappa shape index (κ2) is 7.71. The standard InChI is InChI=1S/C23H23N5O4/c1-3-18(29)28-13-23(14-28)7-8-27(12-23)21-16(11-24)19(25-22(26-21)30-2)15-5-4-6-17-20(15)32-10-9-31-17/h3-6H,1,7-10,12-14H2,2H3. The van der Waals surface area contributed by atoms with Gasteiger partial charge in [0.25, 0.3) is 0 Å². The molecule has 164 valence electrons. The Hall–Kier alpha value is -3.80. The average Bonchev–Trinajstić information content (AvgIpc) is 3.27. The molecule has 2 aromatic rings. The molecule has 9 heteroatoms. The normalized spacial score (nSPS) is 18.1. The van der Waals surface area contributed by atoms with Gasteiger partial charge in [0.1, 0.15) is 30.5 Å². The number of para-hydroxylation sites is 1. The van der Waals surface area contributed by atoms with Gasteiger partial charge in [-0.2, -0.15) is 15.2 Å². The number of nitrogens with zero attached hydrogens (tertiary/aromatic N) is 5. The number of ether oxygens (including phenoxy) is 3. The van der Waals surface area contributed by atoms with E-state index in [0.717, 1.165) is 13.0 Å². The highest BCUT2D eigenvalue weighted by molar-refractivity contribution is 5.88. The molecule has 9 nitrogen and oxygen atoms in total. The zero-order valence-electron chi connectivity index (χ0n) is 17.8. The Kier molecular flexibility index (Phi) is 4.85. The summed E-state index contributed by atoms with van der Waals surface area (Å²) in [7, 11) is 1.51. The van der Waals surface area contributed by atoms with Crippen LogP contribution in [0.4, 0.5) is 5.82 Å². The lowest BCUT2D eigenvalue weighted by molar-refractivity contribution is -0.136. The first-order valence-corrected chi connectivity index (χ1v) is 10.5. The van der Waals surface area contributed by atoms with E-state index in [0.29, 0.717) is 67.0 Å². The van der Waals surface area contributed by atoms with Gasteiger partial charge in [-0.15, -0.1) is 0 Å². The molecular weight excluding hydrogens is 410 g/mol. The van der Waals surface area contributed by atoms with Crippen LogP contribution in [0.3, 0.4) is 0 Å². The van der Waals surface area contributed by atoms with Crippen LogP contribution >= 0.6 is 0 Å². The lowest BCUT2D eigenvalue weighted by Crippen LogP contribution is -2.59. The number of carbonyl (C=O) groups is 1. The molecule has 0 unspecified atom stereocenters. The molecule has 5 rings (SSSR count). The molecule has 0 radical (unpaired) electrons. The zero-order chi connectivity index (χ0) is 22.3. The fourth-order valence-electron chi connectivity index (χ4n) is 4.73. The van der Waals surface area contributed by atoms with E-state index in [1.54, 1.807) is 4.90 Å². The first-order chi connectivity index (χ1) is 15.6. The fraction of sp³-hybridized carbons (Fsp3) is 0.391. The number of anilines is 1. The lowest BCUT2D eigenvalue weighted by Gasteiger charge is -2.47. The fourth-order valence-corrected chi connectivity index (χ4v) is 4.73. The van der Waals surface area contributed by atoms with Crippen LogP contribution in [0.25, 0.3) is 11.3 Å². The Morgan fingerprint density at radius 1 is 1.28 bits per heavy atom. The van der Waals surface area contributed by atoms with Crippen LogP contribution in [-0.4, -0.2) is 67.3 Å². The predicted molar refractivity (Wildman–Crippen MR) is 116 cm³/mol. The number of carbonyl (C=O) groups excluding carboxylic acids is 1. The van der Waals surface area contributed by atoms with Gasteiger partial charge >= 0.3 is 6.01 Å². The van der Waals surface area contributed by atoms with Crippen molar-refractivity contribution in [3.63, 3.8) is 0 Å². The van der Waals surface area contributed by atoms with Crippen LogP contribution in [0.1, 0.15) is 12.0 Å². The first kappa shape index (κ1) is 20.1. The van der Waals surface area contributed by atoms with Gasteiger partial charge in [0.15, 0.2) is 17.3 Å². The molecule has 3 aliphatic rings. The van der Waals surface area contributed by atoms with Gasteiger partial charge in [-0.25, -0.2) is 0 Å². The number of likely N-dealkylation sites (tertiary alicyclic amines) is 1. The van der Waals surface area contributed by atoms with Crippen molar-refractivity contribution in [2.24, 2.45) is 5.41 Å². The van der Waals surface area contributed by atoms with Crippen molar-refractivity contribution in [3.05, 3.63) is 36.4 Å². The number of hydrogen-bond acceptors (Lipinski definition) is 8. The average molecular weight is 433 g/mol. The first-order valence-electron chi connectivity index (χ1n) is 10.5. The van der Waals surface area contributed by atoms with E-state index in [4.69, 9.17) is 14.2 Å². The molecule has 2 fully saturated rings. The van der Waals surface area contributed by atoms with Gasteiger partial charge in [0, 0.05) is 37.2 Å². The highest BCUT2D eigenvalue weighted by Crippen LogP contribution is 2.45. The molecule has 1 aromatic carbocycles. The van der Waals surface area contributed by atoms with E-state index in [2.05, 4.69) is 27.5 Å². The molecule has 0 aliphatic carbocycles. The Morgan fingerprint density at radius 3 is 2.84 bits per heavy atom. The summed E-state index contributed by atoms with van der Waals surface area (Å²) in [6, 6.07) is 8.02. The van der Waals surface area contributed by atoms with Gasteiger partial charge in [-0.1, -0.05) is 12.6 Å². The van der Waals surface area contributed by atoms with Crippen molar-refractivity contribution in [1.82, 2.24) is 14.9 Å². The molecule has 2 saturated heterocycles. The Morgan fingerprint density at radius 2 is 2.09 bits per heavy atom. The third-order valence-corrected chi connectivity index (χ3v) is 6.26. The smallest absolute Gasteiger partial charge is 0.318 e. The van der Waals surface area contributed by atoms with E-state index in [9.17, 15) is 10.1 Å². The summed E-state index contributed by atoms with van der Waals surface area (Å²) < 4.78 is 16.9. The van der Waals surface area contributed by atoms with Crippen molar-refractivity contribution in [2.75, 3.05) is 51.4 Å². The molecule has 1 aromatic heterocycles. The van der Waals surface area contributed by atoms with Crippen LogP contribution in [-0.2, 0) is 4.79 Å². The minimum Gasteiger partial charge on any atom is -0.486 e. The number of fused-ring (bicyclic) bond motifs is 1. The molecule has 32 heavy (non-hydrogen) atoms. The maximum absolute atomic E-state index is 11.9. The van der Waals surface area contributed by atoms with E-state index < -0.39 is 0 Å². The molecule has 4 heterocycles. The summed E-state index contributed by atoms with van der Waals surface area (Å²) >= 11 is 0. The topological polar surface area (TPSA) is 101 Å². The van der Waals surface area contributed by atoms with Gasteiger partial charge < -0.3 is 24.0 Å². The van der Waals surface area contributed by atoms with Crippen LogP contribution in [0, 0.1) is 16.7 Å². The summed E-state index contributed by atoms with van der Waals surface area (Å²) in [5, 5.41) is 10.1. The molecule has 0 saturated carbocycles. The highest BCUT2D eigenvalue weighted by Gasteiger charge is 2.49. The predicted octanol–water partition coefficient (Wildman–Crippen LogP) is 2.02. The largest absolute Gasteiger partial charge is 0.486 e. The monoisotopic (exact) mass is 433 g/mol. The number of benzene rings is 1. The van der Waals surface area contributed by atoms with Crippen molar-refractivity contribution in [1.29, 1.82) is 5.26 Å². The summed E-state index contributed by atoms with van der Waals surface area (Å²) in [5.41, 5.74) is 1.49. The maximum atomic E-state index is 11.9. The molecule has 3 aliphatic heterocycles. The van der Waals surface area contributed by atoms with Crippen LogP contribution in [0.5, 0.6) is 17.5 Å². The number of nitriles is 1. The van der Waals surface area contributed by atoms with Gasteiger partial charge in [-0.05, 0) is 24.6 Å². The van der Waals surface area contributed by atoms with Crippen LogP contribution < -0.4 is 19.1 Å². The third-order valence-electron chi connectivity index (χ3n) is 6.26. The van der Waals surface area contributed by atoms with Crippen molar-refractivity contribution >= 4 is 11.7 Å². The Labute approximate surface area is 185 Å². The molecule has 0 bridgehead atoms. The van der Waals surface area contributed by atoms with E-state index in [1.165, 1.54) is 13.2 Å². The third kappa shape index (κ3) is 3.19. The SMILES string of the molecule is C=CC(=O)N1CC2(CCN(c3nc(OC)nc(-c4cccc5c4OCCO5)c3C#N)C2)C1. The summed E-state index contributed by atoms with van der Waals surface area (Å²) in [6.07, 6.45) is 2.26. The van der Waals surface area contributed by atoms with Crippen molar-refractivity contribution in [2.45, 2.75) is 6.42 Å². The van der Waals surface area contributed by atoms with E-state index >= 15 is 0 Å². The zero-order valence-corrected chi connectivity index (χ0v) is 17.8. The Bertz CT molecular complexity index is 1140. The second-order valence-corrected chi connectivity index (χ2v) is 8.27. The van der Waals surface area contributed by atoms with Crippen LogP contribution in [0.2, 0.25) is 0 Å². The molecule has 1 spiro atoms. The molecule has 0 N–H and O–H groups in total. The summed E-state index contributed by atoms with van der Waals surface area (Å²) in [6.45, 7) is 7.27. The van der Waals surface area contributed by atoms with Crippen LogP contribution in [0.15, 0.2) is 30.9 Å². The molecule has 0 atom stereocenters. The highest BCUT2D eigenvalue weighted by atomic mass is 16.6. The number of methoxy groups -OCH3 is 1. The number of rotatable bonds is 4. The number of amides is 1. The van der Waals surface area contributed by atoms with Crippen molar-refractivity contribution < 1.29 is 19.0 Å². The molecule has 1 amide bonds. The quantitative estimate of drug-likeness (QED) is 0.675. The second-order valence-electron chi connectivity index (χ2n) is 8.27. The summed E-state index contributed by atoms with van der Waals surface area (Å²) in [4.78, 5) is 24.8. The Balaban J connectivity index is 1.52. The van der Waals surface area contributed by atoms with Gasteiger partial charge in [-0.3, -0.25) is 4.79 Å². The lowest BCUT2D eigenvalue weighted by atomic mass is 9.79. The molecular formula is C23H23N5O4.